The fraction of sp³-hybridized carbons (Fsp3) is 0.556. The highest BCUT2D eigenvalue weighted by Crippen LogP contribution is 2.21. The van der Waals surface area contributed by atoms with Crippen molar-refractivity contribution in [3.8, 4) is 0 Å². The lowest BCUT2D eigenvalue weighted by Gasteiger charge is -2.24. The highest BCUT2D eigenvalue weighted by atomic mass is 19.1. The van der Waals surface area contributed by atoms with Gasteiger partial charge in [0.1, 0.15) is 25.0 Å². The van der Waals surface area contributed by atoms with Crippen LogP contribution in [-0.4, -0.2) is 53.7 Å². The second-order valence-corrected chi connectivity index (χ2v) is 7.11. The summed E-state index contributed by atoms with van der Waals surface area (Å²) in [5.74, 6) is -0.295. The Morgan fingerprint density at radius 3 is 2.61 bits per heavy atom. The van der Waals surface area contributed by atoms with Gasteiger partial charge in [0.15, 0.2) is 6.54 Å². The van der Waals surface area contributed by atoms with Crippen molar-refractivity contribution >= 4 is 12.3 Å². The van der Waals surface area contributed by atoms with E-state index in [1.54, 1.807) is 0 Å². The Morgan fingerprint density at radius 2 is 2.00 bits per heavy atom. The van der Waals surface area contributed by atoms with Crippen molar-refractivity contribution in [3.63, 3.8) is 0 Å². The van der Waals surface area contributed by atoms with Gasteiger partial charge in [-0.15, -0.1) is 0 Å². The Labute approximate surface area is 137 Å². The number of amides is 1. The minimum absolute atomic E-state index is 0.0925. The van der Waals surface area contributed by atoms with Crippen LogP contribution in [0.25, 0.3) is 0 Å². The number of halogens is 1. The smallest absolute Gasteiger partial charge is 0.410 e. The van der Waals surface area contributed by atoms with Gasteiger partial charge in [-0.25, -0.2) is 13.8 Å². The Hall–Kier alpha value is -1.91. The molecule has 1 aliphatic rings. The van der Waals surface area contributed by atoms with Crippen molar-refractivity contribution in [3.05, 3.63) is 35.9 Å². The van der Waals surface area contributed by atoms with E-state index >= 15 is 0 Å². The van der Waals surface area contributed by atoms with Crippen LogP contribution in [0.5, 0.6) is 0 Å². The van der Waals surface area contributed by atoms with Gasteiger partial charge in [0.25, 0.3) is 0 Å². The number of hydrogen-bond acceptors (Lipinski definition) is 2. The molecule has 4 nitrogen and oxygen atoms in total. The van der Waals surface area contributed by atoms with Crippen LogP contribution >= 0.6 is 0 Å². The van der Waals surface area contributed by atoms with E-state index in [2.05, 4.69) is 0 Å². The van der Waals surface area contributed by atoms with Gasteiger partial charge in [-0.05, 0) is 20.8 Å². The van der Waals surface area contributed by atoms with E-state index in [1.165, 1.54) is 10.5 Å². The predicted molar refractivity (Wildman–Crippen MR) is 88.6 cm³/mol. The minimum Gasteiger partial charge on any atom is -0.444 e. The minimum atomic E-state index is -1.05. The number of hydrogen-bond donors (Lipinski definition) is 0. The van der Waals surface area contributed by atoms with Crippen molar-refractivity contribution in [2.75, 3.05) is 20.1 Å². The van der Waals surface area contributed by atoms with Gasteiger partial charge >= 0.3 is 6.09 Å². The lowest BCUT2D eigenvalue weighted by Crippen LogP contribution is -2.35. The van der Waals surface area contributed by atoms with Crippen LogP contribution in [0.15, 0.2) is 30.3 Å². The lowest BCUT2D eigenvalue weighted by molar-refractivity contribution is -0.511. The number of carbonyl (C=O) groups excluding carboxylic acids is 1. The third-order valence-electron chi connectivity index (χ3n) is 3.66. The molecule has 1 amide bonds. The fourth-order valence-electron chi connectivity index (χ4n) is 2.66. The van der Waals surface area contributed by atoms with E-state index in [9.17, 15) is 9.18 Å². The van der Waals surface area contributed by atoms with Crippen LogP contribution in [0, 0.1) is 5.92 Å². The zero-order valence-electron chi connectivity index (χ0n) is 14.3. The summed E-state index contributed by atoms with van der Waals surface area (Å²) in [4.78, 5) is 13.5. The molecule has 5 heteroatoms. The Morgan fingerprint density at radius 1 is 1.35 bits per heavy atom. The summed E-state index contributed by atoms with van der Waals surface area (Å²) in [6.45, 7) is 6.60. The first kappa shape index (κ1) is 17.4. The molecule has 2 rings (SSSR count). The molecule has 1 saturated heterocycles. The van der Waals surface area contributed by atoms with Gasteiger partial charge in [-0.2, -0.15) is 0 Å². The molecule has 1 aromatic rings. The summed E-state index contributed by atoms with van der Waals surface area (Å²) < 4.78 is 21.5. The second-order valence-electron chi connectivity index (χ2n) is 7.11. The van der Waals surface area contributed by atoms with E-state index in [4.69, 9.17) is 4.74 Å². The molecule has 1 heterocycles. The molecule has 23 heavy (non-hydrogen) atoms. The zero-order chi connectivity index (χ0) is 17.0. The molecule has 0 aliphatic carbocycles. The average molecular weight is 321 g/mol. The molecule has 0 N–H and O–H groups in total. The molecule has 1 aliphatic heterocycles. The second kappa shape index (κ2) is 7.11. The number of carbonyl (C=O) groups is 1. The molecule has 0 bridgehead atoms. The van der Waals surface area contributed by atoms with Gasteiger partial charge in [-0.1, -0.05) is 30.3 Å². The van der Waals surface area contributed by atoms with Crippen molar-refractivity contribution in [2.24, 2.45) is 5.92 Å². The number of nitrogens with zero attached hydrogens (tertiary/aromatic N) is 2. The Balaban J connectivity index is 1.96. The van der Waals surface area contributed by atoms with Gasteiger partial charge < -0.3 is 9.64 Å². The topological polar surface area (TPSA) is 32.5 Å². The van der Waals surface area contributed by atoms with Crippen LogP contribution in [0.3, 0.4) is 0 Å². The molecule has 1 fully saturated rings. The quantitative estimate of drug-likeness (QED) is 0.633. The normalized spacial score (nSPS) is 22.3. The Bertz CT molecular complexity index is 566. The van der Waals surface area contributed by atoms with Crippen molar-refractivity contribution in [1.82, 2.24) is 4.90 Å². The highest BCUT2D eigenvalue weighted by molar-refractivity contribution is 5.70. The molecule has 0 aromatic heterocycles. The van der Waals surface area contributed by atoms with Crippen LogP contribution in [-0.2, 0) is 11.3 Å². The first-order valence-electron chi connectivity index (χ1n) is 7.96. The highest BCUT2D eigenvalue weighted by Gasteiger charge is 2.38. The molecule has 126 valence electrons. The summed E-state index contributed by atoms with van der Waals surface area (Å²) in [6.07, 6.45) is 0.379. The third-order valence-corrected chi connectivity index (χ3v) is 3.66. The van der Waals surface area contributed by atoms with Crippen LogP contribution in [0.4, 0.5) is 9.18 Å². The zero-order valence-corrected chi connectivity index (χ0v) is 14.3. The summed E-state index contributed by atoms with van der Waals surface area (Å²) >= 11 is 0. The maximum atomic E-state index is 14.2. The molecular formula is C18H26FN2O2+. The lowest BCUT2D eigenvalue weighted by atomic mass is 10.1. The molecule has 0 saturated carbocycles. The predicted octanol–water partition coefficient (Wildman–Crippen LogP) is 3.10. The number of ether oxygens (including phenoxy) is 1. The van der Waals surface area contributed by atoms with Crippen molar-refractivity contribution < 1.29 is 18.5 Å². The SMILES string of the molecule is C[N+](=CC1CN(C(=O)OC(C)(C)C)C[C@H]1F)Cc1ccccc1. The largest absolute Gasteiger partial charge is 0.444 e. The maximum Gasteiger partial charge on any atom is 0.410 e. The first-order valence-corrected chi connectivity index (χ1v) is 7.96. The summed E-state index contributed by atoms with van der Waals surface area (Å²) in [5.41, 5.74) is 0.609. The van der Waals surface area contributed by atoms with Crippen molar-refractivity contribution in [2.45, 2.75) is 39.1 Å². The van der Waals surface area contributed by atoms with E-state index in [0.717, 1.165) is 6.54 Å². The first-order chi connectivity index (χ1) is 10.7. The van der Waals surface area contributed by atoms with E-state index < -0.39 is 17.9 Å². The molecular weight excluding hydrogens is 295 g/mol. The standard InChI is InChI=1S/C18H26FN2O2/c1-18(2,3)23-17(22)21-12-15(16(19)13-21)11-20(4)10-14-8-6-5-7-9-14/h5-9,11,15-16H,10,12-13H2,1-4H3/q+1/t15?,16-/m1/s1. The average Bonchev–Trinajstić information content (AvgIpc) is 2.79. The van der Waals surface area contributed by atoms with Gasteiger partial charge in [-0.3, -0.25) is 0 Å². The summed E-state index contributed by atoms with van der Waals surface area (Å²) in [6, 6.07) is 10.0. The van der Waals surface area contributed by atoms with Crippen LogP contribution < -0.4 is 0 Å². The van der Waals surface area contributed by atoms with Gasteiger partial charge in [0.2, 0.25) is 0 Å². The molecule has 1 aromatic carbocycles. The van der Waals surface area contributed by atoms with Crippen molar-refractivity contribution in [1.29, 1.82) is 0 Å². The third kappa shape index (κ3) is 5.34. The number of alkyl halides is 1. The number of likely N-dealkylation sites (tertiary alicyclic amines) is 1. The van der Waals surface area contributed by atoms with E-state index in [0.29, 0.717) is 6.54 Å². The number of benzene rings is 1. The monoisotopic (exact) mass is 321 g/mol. The fourth-order valence-corrected chi connectivity index (χ4v) is 2.66. The van der Waals surface area contributed by atoms with E-state index in [1.807, 2.05) is 68.9 Å². The number of rotatable bonds is 3. The molecule has 2 atom stereocenters. The van der Waals surface area contributed by atoms with Crippen LogP contribution in [0.1, 0.15) is 26.3 Å². The van der Waals surface area contributed by atoms with Crippen LogP contribution in [0.2, 0.25) is 0 Å². The maximum absolute atomic E-state index is 14.2. The molecule has 0 radical (unpaired) electrons. The van der Waals surface area contributed by atoms with Gasteiger partial charge in [0.05, 0.1) is 12.5 Å². The summed E-state index contributed by atoms with van der Waals surface area (Å²) in [5, 5.41) is 0. The summed E-state index contributed by atoms with van der Waals surface area (Å²) in [7, 11) is 1.93. The van der Waals surface area contributed by atoms with E-state index in [-0.39, 0.29) is 12.5 Å². The Kier molecular flexibility index (Phi) is 5.39. The van der Waals surface area contributed by atoms with Gasteiger partial charge in [0, 0.05) is 12.1 Å². The molecule has 0 spiro atoms. The molecule has 1 unspecified atom stereocenters.